The monoisotopic (exact) mass is 289 g/mol. The molecule has 2 nitrogen and oxygen atoms in total. The summed E-state index contributed by atoms with van der Waals surface area (Å²) in [6.45, 7) is 2.76. The summed E-state index contributed by atoms with van der Waals surface area (Å²) in [6, 6.07) is 6.35. The Balaban J connectivity index is 2.65. The second kappa shape index (κ2) is 6.53. The van der Waals surface area contributed by atoms with E-state index < -0.39 is 0 Å². The van der Waals surface area contributed by atoms with E-state index in [1.807, 2.05) is 6.92 Å². The predicted octanol–water partition coefficient (Wildman–Crippen LogP) is 3.21. The highest BCUT2D eigenvalue weighted by Crippen LogP contribution is 2.27. The molecule has 0 saturated carbocycles. The molecule has 0 unspecified atom stereocenters. The zero-order valence-electron chi connectivity index (χ0n) is 9.00. The molecule has 0 bridgehead atoms. The lowest BCUT2D eigenvalue weighted by molar-refractivity contribution is 0.218. The van der Waals surface area contributed by atoms with Gasteiger partial charge in [0.1, 0.15) is 0 Å². The quantitative estimate of drug-likeness (QED) is 0.668. The number of nitrogens with two attached hydrogens (primary N) is 1. The zero-order chi connectivity index (χ0) is 11.3. The largest absolute Gasteiger partial charge is 0.384 e. The van der Waals surface area contributed by atoms with Crippen molar-refractivity contribution in [1.29, 1.82) is 0 Å². The first kappa shape index (κ1) is 13.0. The number of benzene rings is 1. The predicted molar refractivity (Wildman–Crippen MR) is 69.3 cm³/mol. The Hall–Kier alpha value is -0.0300. The maximum absolute atomic E-state index is 5.83. The summed E-state index contributed by atoms with van der Waals surface area (Å²) in [7, 11) is 1.72. The van der Waals surface area contributed by atoms with E-state index >= 15 is 0 Å². The number of ether oxygens (including phenoxy) is 1. The lowest BCUT2D eigenvalue weighted by atomic mass is 10.1. The number of halogens is 1. The van der Waals surface area contributed by atoms with Crippen molar-refractivity contribution in [2.45, 2.75) is 17.9 Å². The minimum atomic E-state index is 0.0670. The summed E-state index contributed by atoms with van der Waals surface area (Å²) in [5.41, 5.74) is 6.97. The fourth-order valence-electron chi connectivity index (χ4n) is 1.21. The van der Waals surface area contributed by atoms with Crippen molar-refractivity contribution < 1.29 is 4.74 Å². The minimum absolute atomic E-state index is 0.0670. The molecular formula is C11H16BrNOS. The van der Waals surface area contributed by atoms with Gasteiger partial charge in [-0.25, -0.2) is 0 Å². The van der Waals surface area contributed by atoms with Crippen LogP contribution in [0.3, 0.4) is 0 Å². The molecule has 0 aliphatic carbocycles. The molecule has 0 aliphatic rings. The zero-order valence-corrected chi connectivity index (χ0v) is 11.4. The van der Waals surface area contributed by atoms with Crippen LogP contribution in [0, 0.1) is 0 Å². The average molecular weight is 290 g/mol. The van der Waals surface area contributed by atoms with Gasteiger partial charge in [0.15, 0.2) is 0 Å². The van der Waals surface area contributed by atoms with Crippen LogP contribution in [0.25, 0.3) is 0 Å². The van der Waals surface area contributed by atoms with Gasteiger partial charge in [-0.05, 0) is 24.6 Å². The third kappa shape index (κ3) is 4.15. The van der Waals surface area contributed by atoms with Gasteiger partial charge in [-0.2, -0.15) is 0 Å². The molecule has 0 aromatic heterocycles. The summed E-state index contributed by atoms with van der Waals surface area (Å²) >= 11 is 5.32. The van der Waals surface area contributed by atoms with Crippen molar-refractivity contribution >= 4 is 27.7 Å². The van der Waals surface area contributed by atoms with Gasteiger partial charge in [-0.15, -0.1) is 11.8 Å². The number of rotatable bonds is 5. The summed E-state index contributed by atoms with van der Waals surface area (Å²) < 4.78 is 6.09. The molecule has 4 heteroatoms. The molecule has 84 valence electrons. The van der Waals surface area contributed by atoms with Gasteiger partial charge < -0.3 is 10.5 Å². The molecule has 0 heterocycles. The molecule has 0 amide bonds. The van der Waals surface area contributed by atoms with Crippen molar-refractivity contribution in [2.24, 2.45) is 5.73 Å². The Bertz CT molecular complexity index is 317. The van der Waals surface area contributed by atoms with E-state index in [0.717, 1.165) is 22.4 Å². The summed E-state index contributed by atoms with van der Waals surface area (Å²) in [5.74, 6) is 0.973. The molecule has 0 saturated heterocycles. The van der Waals surface area contributed by atoms with E-state index in [2.05, 4.69) is 34.1 Å². The van der Waals surface area contributed by atoms with Crippen molar-refractivity contribution in [3.8, 4) is 0 Å². The van der Waals surface area contributed by atoms with Gasteiger partial charge in [-0.3, -0.25) is 0 Å². The van der Waals surface area contributed by atoms with Crippen LogP contribution in [0.5, 0.6) is 0 Å². The van der Waals surface area contributed by atoms with Crippen molar-refractivity contribution in [2.75, 3.05) is 19.5 Å². The molecule has 0 fully saturated rings. The lowest BCUT2D eigenvalue weighted by Crippen LogP contribution is -2.05. The minimum Gasteiger partial charge on any atom is -0.384 e. The SMILES string of the molecule is COCCSc1ccc([C@@H](C)N)c(Br)c1. The first-order chi connectivity index (χ1) is 7.15. The van der Waals surface area contributed by atoms with Crippen LogP contribution < -0.4 is 5.73 Å². The highest BCUT2D eigenvalue weighted by molar-refractivity contribution is 9.10. The Kier molecular flexibility index (Phi) is 5.68. The van der Waals surface area contributed by atoms with Crippen LogP contribution in [-0.4, -0.2) is 19.5 Å². The Morgan fingerprint density at radius 1 is 1.53 bits per heavy atom. The third-order valence-electron chi connectivity index (χ3n) is 2.02. The van der Waals surface area contributed by atoms with Crippen LogP contribution in [0.4, 0.5) is 0 Å². The molecule has 1 atom stereocenters. The normalized spacial score (nSPS) is 12.8. The van der Waals surface area contributed by atoms with Crippen LogP contribution >= 0.6 is 27.7 Å². The number of hydrogen-bond donors (Lipinski definition) is 1. The Labute approximate surface area is 104 Å². The molecule has 15 heavy (non-hydrogen) atoms. The lowest BCUT2D eigenvalue weighted by Gasteiger charge is -2.10. The maximum Gasteiger partial charge on any atom is 0.0556 e. The van der Waals surface area contributed by atoms with Crippen LogP contribution in [-0.2, 0) is 4.74 Å². The van der Waals surface area contributed by atoms with E-state index in [9.17, 15) is 0 Å². The molecule has 1 rings (SSSR count). The fourth-order valence-corrected chi connectivity index (χ4v) is 2.95. The van der Waals surface area contributed by atoms with E-state index in [1.165, 1.54) is 4.90 Å². The molecule has 0 radical (unpaired) electrons. The average Bonchev–Trinajstić information content (AvgIpc) is 2.17. The standard InChI is InChI=1S/C11H16BrNOS/c1-8(13)10-4-3-9(7-11(10)12)15-6-5-14-2/h3-4,7-8H,5-6,13H2,1-2H3/t8-/m1/s1. The first-order valence-corrected chi connectivity index (χ1v) is 6.59. The van der Waals surface area contributed by atoms with E-state index in [4.69, 9.17) is 10.5 Å². The highest BCUT2D eigenvalue weighted by atomic mass is 79.9. The van der Waals surface area contributed by atoms with E-state index in [-0.39, 0.29) is 6.04 Å². The van der Waals surface area contributed by atoms with Gasteiger partial charge in [0.2, 0.25) is 0 Å². The summed E-state index contributed by atoms with van der Waals surface area (Å²) in [6.07, 6.45) is 0. The number of methoxy groups -OCH3 is 1. The maximum atomic E-state index is 5.83. The first-order valence-electron chi connectivity index (χ1n) is 4.82. The third-order valence-corrected chi connectivity index (χ3v) is 3.66. The van der Waals surface area contributed by atoms with Crippen molar-refractivity contribution in [3.05, 3.63) is 28.2 Å². The summed E-state index contributed by atoms with van der Waals surface area (Å²) in [4.78, 5) is 1.24. The molecule has 1 aromatic carbocycles. The van der Waals surface area contributed by atoms with Crippen molar-refractivity contribution in [3.63, 3.8) is 0 Å². The molecular weight excluding hydrogens is 274 g/mol. The van der Waals surface area contributed by atoms with Gasteiger partial charge in [0, 0.05) is 28.3 Å². The van der Waals surface area contributed by atoms with Gasteiger partial charge in [0.05, 0.1) is 6.61 Å². The molecule has 0 spiro atoms. The topological polar surface area (TPSA) is 35.2 Å². The second-order valence-electron chi connectivity index (χ2n) is 3.31. The van der Waals surface area contributed by atoms with Gasteiger partial charge in [-0.1, -0.05) is 22.0 Å². The molecule has 0 aliphatic heterocycles. The number of thioether (sulfide) groups is 1. The highest BCUT2D eigenvalue weighted by Gasteiger charge is 2.05. The van der Waals surface area contributed by atoms with Gasteiger partial charge in [0.25, 0.3) is 0 Å². The molecule has 1 aromatic rings. The molecule has 2 N–H and O–H groups in total. The van der Waals surface area contributed by atoms with E-state index in [1.54, 1.807) is 18.9 Å². The van der Waals surface area contributed by atoms with Crippen LogP contribution in [0.15, 0.2) is 27.6 Å². The number of hydrogen-bond acceptors (Lipinski definition) is 3. The Morgan fingerprint density at radius 3 is 2.80 bits per heavy atom. The van der Waals surface area contributed by atoms with Crippen LogP contribution in [0.2, 0.25) is 0 Å². The second-order valence-corrected chi connectivity index (χ2v) is 5.34. The fraction of sp³-hybridized carbons (Fsp3) is 0.455. The van der Waals surface area contributed by atoms with E-state index in [0.29, 0.717) is 0 Å². The smallest absolute Gasteiger partial charge is 0.0556 e. The summed E-state index contributed by atoms with van der Waals surface area (Å²) in [5, 5.41) is 0. The Morgan fingerprint density at radius 2 is 2.27 bits per heavy atom. The van der Waals surface area contributed by atoms with Crippen molar-refractivity contribution in [1.82, 2.24) is 0 Å². The van der Waals surface area contributed by atoms with Gasteiger partial charge >= 0.3 is 0 Å². The van der Waals surface area contributed by atoms with Crippen LogP contribution in [0.1, 0.15) is 18.5 Å².